The third-order valence-corrected chi connectivity index (χ3v) is 3.62. The standard InChI is InChI=1S/C18H22N4O2/c1-13-5-3-6-15(21-13)12-20-18(19-2)22-14-7-8-16-17(11-14)24-10-4-9-23-16/h3,5-8,11H,4,9-10,12H2,1-2H3,(H2,19,20,22). The number of benzene rings is 1. The number of aliphatic imine (C=N–C) groups is 1. The summed E-state index contributed by atoms with van der Waals surface area (Å²) < 4.78 is 11.4. The zero-order chi connectivity index (χ0) is 16.8. The number of aryl methyl sites for hydroxylation is 1. The van der Waals surface area contributed by atoms with Gasteiger partial charge in [0.2, 0.25) is 0 Å². The van der Waals surface area contributed by atoms with E-state index in [1.807, 2.05) is 43.3 Å². The first kappa shape index (κ1) is 16.1. The lowest BCUT2D eigenvalue weighted by molar-refractivity contribution is 0.297. The maximum atomic E-state index is 5.71. The molecule has 0 spiro atoms. The molecule has 6 heteroatoms. The lowest BCUT2D eigenvalue weighted by atomic mass is 10.2. The summed E-state index contributed by atoms with van der Waals surface area (Å²) in [5.74, 6) is 2.21. The zero-order valence-electron chi connectivity index (χ0n) is 14.0. The van der Waals surface area contributed by atoms with Gasteiger partial charge in [-0.15, -0.1) is 0 Å². The molecule has 0 saturated heterocycles. The molecular weight excluding hydrogens is 304 g/mol. The van der Waals surface area contributed by atoms with Crippen molar-refractivity contribution in [1.29, 1.82) is 0 Å². The van der Waals surface area contributed by atoms with Crippen LogP contribution in [0.25, 0.3) is 0 Å². The number of fused-ring (bicyclic) bond motifs is 1. The SMILES string of the molecule is CN=C(NCc1cccc(C)n1)Nc1ccc2c(c1)OCCCO2. The van der Waals surface area contributed by atoms with Gasteiger partial charge in [0.15, 0.2) is 17.5 Å². The van der Waals surface area contributed by atoms with Gasteiger partial charge in [0, 0.05) is 30.9 Å². The Kier molecular flexibility index (Phi) is 5.15. The summed E-state index contributed by atoms with van der Waals surface area (Å²) in [6, 6.07) is 11.8. The molecule has 0 aliphatic carbocycles. The van der Waals surface area contributed by atoms with Crippen LogP contribution in [-0.4, -0.2) is 31.2 Å². The van der Waals surface area contributed by atoms with Crippen LogP contribution >= 0.6 is 0 Å². The lowest BCUT2D eigenvalue weighted by Gasteiger charge is -2.14. The molecule has 126 valence electrons. The Bertz CT molecular complexity index is 731. The molecule has 0 unspecified atom stereocenters. The molecule has 3 rings (SSSR count). The van der Waals surface area contributed by atoms with Crippen LogP contribution in [-0.2, 0) is 6.54 Å². The monoisotopic (exact) mass is 326 g/mol. The molecule has 1 aromatic carbocycles. The van der Waals surface area contributed by atoms with Gasteiger partial charge in [-0.1, -0.05) is 6.07 Å². The summed E-state index contributed by atoms with van der Waals surface area (Å²) in [6.07, 6.45) is 0.893. The van der Waals surface area contributed by atoms with E-state index in [2.05, 4.69) is 20.6 Å². The molecule has 0 bridgehead atoms. The fourth-order valence-electron chi connectivity index (χ4n) is 2.43. The lowest BCUT2D eigenvalue weighted by Crippen LogP contribution is -2.30. The van der Waals surface area contributed by atoms with E-state index in [9.17, 15) is 0 Å². The molecule has 0 radical (unpaired) electrons. The van der Waals surface area contributed by atoms with Crippen molar-refractivity contribution in [1.82, 2.24) is 10.3 Å². The van der Waals surface area contributed by atoms with E-state index in [-0.39, 0.29) is 0 Å². The summed E-state index contributed by atoms with van der Waals surface area (Å²) in [7, 11) is 1.74. The van der Waals surface area contributed by atoms with Crippen molar-refractivity contribution >= 4 is 11.6 Å². The van der Waals surface area contributed by atoms with Crippen molar-refractivity contribution in [2.75, 3.05) is 25.6 Å². The molecule has 2 aromatic rings. The molecule has 1 aliphatic heterocycles. The summed E-state index contributed by atoms with van der Waals surface area (Å²) in [4.78, 5) is 8.72. The average molecular weight is 326 g/mol. The number of ether oxygens (including phenoxy) is 2. The highest BCUT2D eigenvalue weighted by atomic mass is 16.5. The van der Waals surface area contributed by atoms with Crippen molar-refractivity contribution in [3.05, 3.63) is 47.8 Å². The maximum absolute atomic E-state index is 5.71. The van der Waals surface area contributed by atoms with E-state index in [1.165, 1.54) is 0 Å². The summed E-state index contributed by atoms with van der Waals surface area (Å²) in [6.45, 7) is 3.94. The van der Waals surface area contributed by atoms with E-state index >= 15 is 0 Å². The van der Waals surface area contributed by atoms with Crippen molar-refractivity contribution in [2.45, 2.75) is 19.9 Å². The van der Waals surface area contributed by atoms with Gasteiger partial charge in [0.05, 0.1) is 25.5 Å². The van der Waals surface area contributed by atoms with Crippen LogP contribution in [0.1, 0.15) is 17.8 Å². The molecule has 1 aliphatic rings. The van der Waals surface area contributed by atoms with Gasteiger partial charge >= 0.3 is 0 Å². The largest absolute Gasteiger partial charge is 0.490 e. The van der Waals surface area contributed by atoms with Crippen LogP contribution in [0.4, 0.5) is 5.69 Å². The predicted molar refractivity (Wildman–Crippen MR) is 94.8 cm³/mol. The number of pyridine rings is 1. The summed E-state index contributed by atoms with van der Waals surface area (Å²) >= 11 is 0. The Morgan fingerprint density at radius 1 is 1.17 bits per heavy atom. The molecule has 0 atom stereocenters. The van der Waals surface area contributed by atoms with Gasteiger partial charge in [-0.3, -0.25) is 9.98 Å². The van der Waals surface area contributed by atoms with Gasteiger partial charge in [-0.25, -0.2) is 0 Å². The van der Waals surface area contributed by atoms with E-state index < -0.39 is 0 Å². The number of hydrogen-bond acceptors (Lipinski definition) is 4. The highest BCUT2D eigenvalue weighted by Crippen LogP contribution is 2.32. The van der Waals surface area contributed by atoms with Crippen LogP contribution in [0, 0.1) is 6.92 Å². The quantitative estimate of drug-likeness (QED) is 0.670. The first-order chi connectivity index (χ1) is 11.7. The molecule has 1 aromatic heterocycles. The Hall–Kier alpha value is -2.76. The minimum Gasteiger partial charge on any atom is -0.490 e. The smallest absolute Gasteiger partial charge is 0.195 e. The minimum absolute atomic E-state index is 0.603. The molecule has 2 N–H and O–H groups in total. The molecule has 0 amide bonds. The number of rotatable bonds is 3. The van der Waals surface area contributed by atoms with Crippen LogP contribution in [0.5, 0.6) is 11.5 Å². The Balaban J connectivity index is 1.64. The Labute approximate surface area is 141 Å². The normalized spacial score (nSPS) is 14.0. The molecule has 2 heterocycles. The highest BCUT2D eigenvalue weighted by molar-refractivity contribution is 5.93. The number of aromatic nitrogens is 1. The molecule has 0 fully saturated rings. The number of guanidine groups is 1. The third kappa shape index (κ3) is 4.16. The summed E-state index contributed by atoms with van der Waals surface area (Å²) in [5.41, 5.74) is 2.86. The fourth-order valence-corrected chi connectivity index (χ4v) is 2.43. The van der Waals surface area contributed by atoms with Crippen LogP contribution < -0.4 is 20.1 Å². The van der Waals surface area contributed by atoms with Gasteiger partial charge in [-0.2, -0.15) is 0 Å². The first-order valence-electron chi connectivity index (χ1n) is 8.04. The van der Waals surface area contributed by atoms with Gasteiger partial charge in [0.1, 0.15) is 0 Å². The molecular formula is C18H22N4O2. The van der Waals surface area contributed by atoms with Crippen LogP contribution in [0.2, 0.25) is 0 Å². The number of hydrogen-bond donors (Lipinski definition) is 2. The minimum atomic E-state index is 0.603. The van der Waals surface area contributed by atoms with Crippen molar-refractivity contribution in [3.8, 4) is 11.5 Å². The number of nitrogens with one attached hydrogen (secondary N) is 2. The summed E-state index contributed by atoms with van der Waals surface area (Å²) in [5, 5.41) is 6.52. The molecule has 24 heavy (non-hydrogen) atoms. The van der Waals surface area contributed by atoms with Gasteiger partial charge in [0.25, 0.3) is 0 Å². The van der Waals surface area contributed by atoms with E-state index in [1.54, 1.807) is 7.05 Å². The van der Waals surface area contributed by atoms with Crippen molar-refractivity contribution < 1.29 is 9.47 Å². The van der Waals surface area contributed by atoms with E-state index in [0.29, 0.717) is 25.7 Å². The highest BCUT2D eigenvalue weighted by Gasteiger charge is 2.11. The molecule has 6 nitrogen and oxygen atoms in total. The second-order valence-corrected chi connectivity index (χ2v) is 5.53. The maximum Gasteiger partial charge on any atom is 0.195 e. The molecule has 0 saturated carbocycles. The third-order valence-electron chi connectivity index (χ3n) is 3.62. The second kappa shape index (κ2) is 7.68. The van der Waals surface area contributed by atoms with Crippen LogP contribution in [0.15, 0.2) is 41.4 Å². The Morgan fingerprint density at radius 3 is 2.79 bits per heavy atom. The number of nitrogens with zero attached hydrogens (tertiary/aromatic N) is 2. The fraction of sp³-hybridized carbons (Fsp3) is 0.333. The van der Waals surface area contributed by atoms with E-state index in [4.69, 9.17) is 9.47 Å². The number of anilines is 1. The van der Waals surface area contributed by atoms with Crippen LogP contribution in [0.3, 0.4) is 0 Å². The predicted octanol–water partition coefficient (Wildman–Crippen LogP) is 2.74. The van der Waals surface area contributed by atoms with Crippen molar-refractivity contribution in [3.63, 3.8) is 0 Å². The topological polar surface area (TPSA) is 67.8 Å². The van der Waals surface area contributed by atoms with E-state index in [0.717, 1.165) is 35.0 Å². The van der Waals surface area contributed by atoms with Gasteiger partial charge < -0.3 is 20.1 Å². The van der Waals surface area contributed by atoms with Gasteiger partial charge in [-0.05, 0) is 31.2 Å². The first-order valence-corrected chi connectivity index (χ1v) is 8.04. The second-order valence-electron chi connectivity index (χ2n) is 5.53. The zero-order valence-corrected chi connectivity index (χ0v) is 14.0. The van der Waals surface area contributed by atoms with Crippen molar-refractivity contribution in [2.24, 2.45) is 4.99 Å². The Morgan fingerprint density at radius 2 is 2.00 bits per heavy atom. The average Bonchev–Trinajstić information content (AvgIpc) is 2.83.